The maximum absolute atomic E-state index is 12.8. The SMILES string of the molecule is CC(C)CN(CCc1ccc(N=O)cc1)CC(O)[C@H](Cc1ccc(O)cc1)OC(=O)OC1COC2OCCC12. The van der Waals surface area contributed by atoms with Crippen molar-refractivity contribution in [1.29, 1.82) is 0 Å². The summed E-state index contributed by atoms with van der Waals surface area (Å²) < 4.78 is 22.4. The number of ether oxygens (including phenoxy) is 4. The molecular formula is C29H38N2O8. The monoisotopic (exact) mass is 542 g/mol. The van der Waals surface area contributed by atoms with Crippen LogP contribution in [-0.2, 0) is 31.8 Å². The first kappa shape index (κ1) is 28.9. The first-order valence-corrected chi connectivity index (χ1v) is 13.5. The molecule has 0 amide bonds. The van der Waals surface area contributed by atoms with Crippen molar-refractivity contribution in [2.75, 3.05) is 32.8 Å². The summed E-state index contributed by atoms with van der Waals surface area (Å²) in [4.78, 5) is 25.7. The second-order valence-electron chi connectivity index (χ2n) is 10.7. The Hall–Kier alpha value is -3.05. The van der Waals surface area contributed by atoms with E-state index in [1.54, 1.807) is 36.4 Å². The van der Waals surface area contributed by atoms with Crippen molar-refractivity contribution in [3.8, 4) is 5.75 Å². The molecule has 10 nitrogen and oxygen atoms in total. The summed E-state index contributed by atoms with van der Waals surface area (Å²) in [6.07, 6.45) is -1.79. The first-order chi connectivity index (χ1) is 18.8. The average molecular weight is 543 g/mol. The van der Waals surface area contributed by atoms with E-state index in [1.165, 1.54) is 0 Å². The fourth-order valence-corrected chi connectivity index (χ4v) is 5.11. The molecule has 0 aliphatic carbocycles. The molecule has 4 rings (SSSR count). The number of nitroso groups, excluding NO2 is 1. The molecule has 0 bridgehead atoms. The Morgan fingerprint density at radius 1 is 1.08 bits per heavy atom. The maximum Gasteiger partial charge on any atom is 0.509 e. The summed E-state index contributed by atoms with van der Waals surface area (Å²) in [6.45, 7) is 6.72. The summed E-state index contributed by atoms with van der Waals surface area (Å²) in [7, 11) is 0. The van der Waals surface area contributed by atoms with Crippen LogP contribution in [0, 0.1) is 16.7 Å². The van der Waals surface area contributed by atoms with E-state index < -0.39 is 24.5 Å². The normalized spacial score (nSPS) is 22.0. The summed E-state index contributed by atoms with van der Waals surface area (Å²) in [6, 6.07) is 13.7. The second kappa shape index (κ2) is 13.8. The zero-order valence-electron chi connectivity index (χ0n) is 22.5. The van der Waals surface area contributed by atoms with Crippen LogP contribution in [0.15, 0.2) is 53.7 Å². The highest BCUT2D eigenvalue weighted by molar-refractivity contribution is 5.60. The predicted octanol–water partition coefficient (Wildman–Crippen LogP) is 4.18. The smallest absolute Gasteiger partial charge is 0.508 e. The van der Waals surface area contributed by atoms with Crippen molar-refractivity contribution in [1.82, 2.24) is 4.90 Å². The van der Waals surface area contributed by atoms with E-state index in [-0.39, 0.29) is 37.5 Å². The van der Waals surface area contributed by atoms with Crippen molar-refractivity contribution < 1.29 is 34.0 Å². The van der Waals surface area contributed by atoms with Crippen molar-refractivity contribution >= 4 is 11.8 Å². The predicted molar refractivity (Wildman–Crippen MR) is 144 cm³/mol. The van der Waals surface area contributed by atoms with Crippen LogP contribution in [0.2, 0.25) is 0 Å². The van der Waals surface area contributed by atoms with Crippen LogP contribution in [0.1, 0.15) is 31.4 Å². The van der Waals surface area contributed by atoms with Gasteiger partial charge in [-0.2, -0.15) is 0 Å². The Kier molecular flexibility index (Phi) is 10.3. The van der Waals surface area contributed by atoms with Gasteiger partial charge in [-0.15, -0.1) is 4.91 Å². The van der Waals surface area contributed by atoms with E-state index in [0.29, 0.717) is 24.8 Å². The van der Waals surface area contributed by atoms with Crippen molar-refractivity contribution in [3.05, 3.63) is 64.6 Å². The van der Waals surface area contributed by atoms with Gasteiger partial charge in [-0.25, -0.2) is 4.79 Å². The number of carbonyl (C=O) groups excluding carboxylic acids is 1. The van der Waals surface area contributed by atoms with Gasteiger partial charge in [0, 0.05) is 26.1 Å². The molecule has 4 unspecified atom stereocenters. The average Bonchev–Trinajstić information content (AvgIpc) is 3.53. The van der Waals surface area contributed by atoms with E-state index in [1.807, 2.05) is 12.1 Å². The molecule has 2 aromatic carbocycles. The molecule has 0 spiro atoms. The van der Waals surface area contributed by atoms with Gasteiger partial charge in [-0.1, -0.05) is 38.1 Å². The van der Waals surface area contributed by atoms with Gasteiger partial charge in [-0.3, -0.25) is 0 Å². The Bertz CT molecular complexity index is 1060. The maximum atomic E-state index is 12.8. The summed E-state index contributed by atoms with van der Waals surface area (Å²) in [5.41, 5.74) is 2.24. The van der Waals surface area contributed by atoms with Gasteiger partial charge in [-0.05, 0) is 59.3 Å². The number of rotatable bonds is 13. The fraction of sp³-hybridized carbons (Fsp3) is 0.552. The van der Waals surface area contributed by atoms with E-state index in [4.69, 9.17) is 18.9 Å². The number of aliphatic hydroxyl groups is 1. The van der Waals surface area contributed by atoms with Gasteiger partial charge < -0.3 is 34.1 Å². The zero-order valence-corrected chi connectivity index (χ0v) is 22.5. The molecule has 2 aliphatic heterocycles. The highest BCUT2D eigenvalue weighted by Gasteiger charge is 2.44. The Morgan fingerprint density at radius 3 is 2.49 bits per heavy atom. The summed E-state index contributed by atoms with van der Waals surface area (Å²) in [5.74, 6) is 0.464. The number of hydrogen-bond acceptors (Lipinski definition) is 10. The zero-order chi connectivity index (χ0) is 27.8. The van der Waals surface area contributed by atoms with E-state index in [2.05, 4.69) is 23.9 Å². The molecule has 2 aliphatic rings. The van der Waals surface area contributed by atoms with Gasteiger partial charge in [0.15, 0.2) is 6.29 Å². The number of phenols is 1. The Balaban J connectivity index is 1.41. The molecule has 212 valence electrons. The number of aliphatic hydroxyl groups excluding tert-OH is 1. The minimum absolute atomic E-state index is 0.0177. The molecule has 39 heavy (non-hydrogen) atoms. The number of hydrogen-bond donors (Lipinski definition) is 2. The van der Waals surface area contributed by atoms with Crippen molar-refractivity contribution in [3.63, 3.8) is 0 Å². The molecule has 2 saturated heterocycles. The third-order valence-corrected chi connectivity index (χ3v) is 7.11. The van der Waals surface area contributed by atoms with Crippen LogP contribution in [-0.4, -0.2) is 78.7 Å². The van der Waals surface area contributed by atoms with Crippen molar-refractivity contribution in [2.45, 2.75) is 57.7 Å². The van der Waals surface area contributed by atoms with Crippen LogP contribution in [0.5, 0.6) is 5.75 Å². The molecule has 0 radical (unpaired) electrons. The topological polar surface area (TPSA) is 127 Å². The number of benzene rings is 2. The van der Waals surface area contributed by atoms with Crippen LogP contribution >= 0.6 is 0 Å². The number of phenolic OH excluding ortho intramolecular Hbond substituents is 1. The van der Waals surface area contributed by atoms with Crippen LogP contribution in [0.4, 0.5) is 10.5 Å². The van der Waals surface area contributed by atoms with E-state index in [0.717, 1.165) is 30.5 Å². The molecule has 2 heterocycles. The first-order valence-electron chi connectivity index (χ1n) is 13.5. The van der Waals surface area contributed by atoms with Gasteiger partial charge in [0.25, 0.3) is 0 Å². The van der Waals surface area contributed by atoms with Crippen LogP contribution in [0.3, 0.4) is 0 Å². The highest BCUT2D eigenvalue weighted by atomic mass is 16.8. The lowest BCUT2D eigenvalue weighted by Gasteiger charge is -2.30. The Morgan fingerprint density at radius 2 is 1.79 bits per heavy atom. The molecule has 0 saturated carbocycles. The van der Waals surface area contributed by atoms with Gasteiger partial charge in [0.1, 0.15) is 29.7 Å². The minimum atomic E-state index is -0.992. The largest absolute Gasteiger partial charge is 0.509 e. The van der Waals surface area contributed by atoms with E-state index >= 15 is 0 Å². The molecule has 2 fully saturated rings. The molecule has 2 aromatic rings. The Labute approximate surface area is 228 Å². The van der Waals surface area contributed by atoms with Gasteiger partial charge >= 0.3 is 6.16 Å². The lowest BCUT2D eigenvalue weighted by atomic mass is 10.0. The van der Waals surface area contributed by atoms with Crippen LogP contribution in [0.25, 0.3) is 0 Å². The van der Waals surface area contributed by atoms with Gasteiger partial charge in [0.05, 0.1) is 19.1 Å². The minimum Gasteiger partial charge on any atom is -0.508 e. The highest BCUT2D eigenvalue weighted by Crippen LogP contribution is 2.33. The summed E-state index contributed by atoms with van der Waals surface area (Å²) in [5, 5.41) is 23.9. The third kappa shape index (κ3) is 8.47. The molecule has 0 aromatic heterocycles. The molecule has 2 N–H and O–H groups in total. The fourth-order valence-electron chi connectivity index (χ4n) is 5.11. The van der Waals surface area contributed by atoms with E-state index in [9.17, 15) is 19.9 Å². The number of aromatic hydroxyl groups is 1. The lowest BCUT2D eigenvalue weighted by molar-refractivity contribution is -0.0910. The second-order valence-corrected chi connectivity index (χ2v) is 10.7. The summed E-state index contributed by atoms with van der Waals surface area (Å²) >= 11 is 0. The third-order valence-electron chi connectivity index (χ3n) is 7.11. The lowest BCUT2D eigenvalue weighted by Crippen LogP contribution is -2.44. The standard InChI is InChI=1S/C29H38N2O8/c1-19(2)16-31(13-11-20-3-7-22(30-35)8-4-20)17-25(33)26(15-21-5-9-23(32)10-6-21)38-29(34)39-27-18-37-28-24(27)12-14-36-28/h3-10,19,24-28,32-33H,11-18H2,1-2H3/t24?,25?,26-,27?,28?/m0/s1. The molecular weight excluding hydrogens is 504 g/mol. The number of carbonyl (C=O) groups is 1. The van der Waals surface area contributed by atoms with Crippen molar-refractivity contribution in [2.24, 2.45) is 17.0 Å². The quantitative estimate of drug-likeness (QED) is 0.283. The van der Waals surface area contributed by atoms with Crippen LogP contribution < -0.4 is 0 Å². The number of fused-ring (bicyclic) bond motifs is 1. The molecule has 5 atom stereocenters. The van der Waals surface area contributed by atoms with Gasteiger partial charge in [0.2, 0.25) is 0 Å². The molecule has 10 heteroatoms. The number of nitrogens with zero attached hydrogens (tertiary/aromatic N) is 2.